The van der Waals surface area contributed by atoms with Crippen molar-refractivity contribution in [3.05, 3.63) is 16.1 Å². The maximum absolute atomic E-state index is 9.47. The van der Waals surface area contributed by atoms with Gasteiger partial charge in [-0.1, -0.05) is 0 Å². The summed E-state index contributed by atoms with van der Waals surface area (Å²) < 4.78 is 5.21. The Hall–Kier alpha value is -0.450. The zero-order chi connectivity index (χ0) is 9.84. The molecule has 0 aliphatic rings. The second kappa shape index (κ2) is 4.69. The summed E-state index contributed by atoms with van der Waals surface area (Å²) in [6.45, 7) is 5.75. The molecule has 3 nitrogen and oxygen atoms in total. The van der Waals surface area contributed by atoms with Crippen molar-refractivity contribution in [3.63, 3.8) is 0 Å². The molecule has 0 amide bonds. The third kappa shape index (κ3) is 3.42. The molecular weight excluding hydrogens is 186 g/mol. The third-order valence-electron chi connectivity index (χ3n) is 1.63. The molecule has 1 aromatic rings. The van der Waals surface area contributed by atoms with Crippen LogP contribution in [0.1, 0.15) is 24.4 Å². The SMILES string of the molecule is Cc1ncsc1CC(O)OC(C)C. The molecule has 0 aromatic carbocycles. The predicted molar refractivity (Wildman–Crippen MR) is 52.8 cm³/mol. The summed E-state index contributed by atoms with van der Waals surface area (Å²) in [6, 6.07) is 0. The fourth-order valence-corrected chi connectivity index (χ4v) is 1.84. The maximum Gasteiger partial charge on any atom is 0.159 e. The van der Waals surface area contributed by atoms with E-state index < -0.39 is 6.29 Å². The number of aryl methyl sites for hydroxylation is 1. The second-order valence-corrected chi connectivity index (χ2v) is 4.14. The number of nitrogens with zero attached hydrogens (tertiary/aromatic N) is 1. The van der Waals surface area contributed by atoms with Gasteiger partial charge in [-0.05, 0) is 20.8 Å². The minimum absolute atomic E-state index is 0.0585. The van der Waals surface area contributed by atoms with Crippen LogP contribution >= 0.6 is 11.3 Å². The number of aliphatic hydroxyl groups is 1. The molecule has 0 radical (unpaired) electrons. The monoisotopic (exact) mass is 201 g/mol. The van der Waals surface area contributed by atoms with Gasteiger partial charge in [0.15, 0.2) is 6.29 Å². The second-order valence-electron chi connectivity index (χ2n) is 3.20. The van der Waals surface area contributed by atoms with Gasteiger partial charge in [-0.3, -0.25) is 0 Å². The lowest BCUT2D eigenvalue weighted by Crippen LogP contribution is -2.19. The first-order chi connectivity index (χ1) is 6.09. The highest BCUT2D eigenvalue weighted by atomic mass is 32.1. The molecule has 0 aliphatic carbocycles. The van der Waals surface area contributed by atoms with Gasteiger partial charge in [0, 0.05) is 11.3 Å². The van der Waals surface area contributed by atoms with Crippen LogP contribution in [0.2, 0.25) is 0 Å². The molecule has 1 unspecified atom stereocenters. The largest absolute Gasteiger partial charge is 0.368 e. The summed E-state index contributed by atoms with van der Waals surface area (Å²) in [5.74, 6) is 0. The summed E-state index contributed by atoms with van der Waals surface area (Å²) in [4.78, 5) is 5.19. The standard InChI is InChI=1S/C9H15NO2S/c1-6(2)12-9(11)4-8-7(3)10-5-13-8/h5-6,9,11H,4H2,1-3H3. The van der Waals surface area contributed by atoms with Crippen LogP contribution in [-0.4, -0.2) is 22.5 Å². The molecule has 0 bridgehead atoms. The molecule has 0 aliphatic heterocycles. The van der Waals surface area contributed by atoms with E-state index in [0.717, 1.165) is 10.6 Å². The first-order valence-corrected chi connectivity index (χ1v) is 5.20. The van der Waals surface area contributed by atoms with Gasteiger partial charge in [-0.25, -0.2) is 4.98 Å². The highest BCUT2D eigenvalue weighted by Crippen LogP contribution is 2.15. The number of ether oxygens (including phenoxy) is 1. The fraction of sp³-hybridized carbons (Fsp3) is 0.667. The van der Waals surface area contributed by atoms with Gasteiger partial charge in [0.05, 0.1) is 17.3 Å². The van der Waals surface area contributed by atoms with Crippen molar-refractivity contribution in [3.8, 4) is 0 Å². The fourth-order valence-electron chi connectivity index (χ4n) is 1.04. The molecule has 0 saturated heterocycles. The molecule has 4 heteroatoms. The molecule has 13 heavy (non-hydrogen) atoms. The number of aliphatic hydroxyl groups excluding tert-OH is 1. The van der Waals surface area contributed by atoms with Crippen LogP contribution in [0.3, 0.4) is 0 Å². The molecule has 1 N–H and O–H groups in total. The minimum atomic E-state index is -0.709. The molecule has 74 valence electrons. The van der Waals surface area contributed by atoms with E-state index in [4.69, 9.17) is 4.74 Å². The predicted octanol–water partition coefficient (Wildman–Crippen LogP) is 1.74. The molecule has 0 saturated carbocycles. The van der Waals surface area contributed by atoms with E-state index in [1.807, 2.05) is 20.8 Å². The minimum Gasteiger partial charge on any atom is -0.368 e. The average molecular weight is 201 g/mol. The number of rotatable bonds is 4. The van der Waals surface area contributed by atoms with E-state index in [0.29, 0.717) is 6.42 Å². The molecule has 1 atom stereocenters. The van der Waals surface area contributed by atoms with Crippen LogP contribution in [0.4, 0.5) is 0 Å². The summed E-state index contributed by atoms with van der Waals surface area (Å²) in [7, 11) is 0. The molecule has 1 heterocycles. The van der Waals surface area contributed by atoms with E-state index in [2.05, 4.69) is 4.98 Å². The van der Waals surface area contributed by atoms with Crippen LogP contribution < -0.4 is 0 Å². The van der Waals surface area contributed by atoms with Crippen LogP contribution in [-0.2, 0) is 11.2 Å². The van der Waals surface area contributed by atoms with Crippen molar-refractivity contribution in [1.29, 1.82) is 0 Å². The van der Waals surface area contributed by atoms with Crippen LogP contribution in [0.15, 0.2) is 5.51 Å². The number of thiazole rings is 1. The molecule has 1 rings (SSSR count). The Kier molecular flexibility index (Phi) is 3.84. The lowest BCUT2D eigenvalue weighted by atomic mass is 10.3. The lowest BCUT2D eigenvalue weighted by Gasteiger charge is -2.13. The Bertz CT molecular complexity index is 260. The van der Waals surface area contributed by atoms with Gasteiger partial charge >= 0.3 is 0 Å². The summed E-state index contributed by atoms with van der Waals surface area (Å²) in [6.07, 6.45) is -0.114. The maximum atomic E-state index is 9.47. The summed E-state index contributed by atoms with van der Waals surface area (Å²) >= 11 is 1.55. The summed E-state index contributed by atoms with van der Waals surface area (Å²) in [5.41, 5.74) is 2.77. The van der Waals surface area contributed by atoms with Gasteiger partial charge in [0.1, 0.15) is 0 Å². The first kappa shape index (κ1) is 10.6. The Balaban J connectivity index is 2.45. The smallest absolute Gasteiger partial charge is 0.159 e. The zero-order valence-electron chi connectivity index (χ0n) is 8.15. The highest BCUT2D eigenvalue weighted by Gasteiger charge is 2.10. The van der Waals surface area contributed by atoms with Crippen LogP contribution in [0, 0.1) is 6.92 Å². The van der Waals surface area contributed by atoms with Crippen molar-refractivity contribution >= 4 is 11.3 Å². The average Bonchev–Trinajstić information content (AvgIpc) is 2.34. The van der Waals surface area contributed by atoms with Gasteiger partial charge < -0.3 is 9.84 Å². The highest BCUT2D eigenvalue weighted by molar-refractivity contribution is 7.09. The first-order valence-electron chi connectivity index (χ1n) is 4.32. The molecule has 0 fully saturated rings. The van der Waals surface area contributed by atoms with Gasteiger partial charge in [-0.2, -0.15) is 0 Å². The Morgan fingerprint density at radius 1 is 1.62 bits per heavy atom. The van der Waals surface area contributed by atoms with Gasteiger partial charge in [-0.15, -0.1) is 11.3 Å². The van der Waals surface area contributed by atoms with Gasteiger partial charge in [0.25, 0.3) is 0 Å². The topological polar surface area (TPSA) is 42.4 Å². The third-order valence-corrected chi connectivity index (χ3v) is 2.59. The van der Waals surface area contributed by atoms with E-state index in [1.165, 1.54) is 0 Å². The van der Waals surface area contributed by atoms with E-state index in [1.54, 1.807) is 16.8 Å². The van der Waals surface area contributed by atoms with Crippen molar-refractivity contribution < 1.29 is 9.84 Å². The normalized spacial score (nSPS) is 13.6. The van der Waals surface area contributed by atoms with Crippen LogP contribution in [0.5, 0.6) is 0 Å². The van der Waals surface area contributed by atoms with E-state index in [-0.39, 0.29) is 6.10 Å². The Morgan fingerprint density at radius 3 is 2.77 bits per heavy atom. The van der Waals surface area contributed by atoms with Crippen molar-refractivity contribution in [1.82, 2.24) is 4.98 Å². The Morgan fingerprint density at radius 2 is 2.31 bits per heavy atom. The lowest BCUT2D eigenvalue weighted by molar-refractivity contribution is -0.123. The number of hydrogen-bond donors (Lipinski definition) is 1. The molecule has 0 spiro atoms. The number of aromatic nitrogens is 1. The van der Waals surface area contributed by atoms with Crippen molar-refractivity contribution in [2.24, 2.45) is 0 Å². The Labute approximate surface area is 82.4 Å². The molecule has 1 aromatic heterocycles. The zero-order valence-corrected chi connectivity index (χ0v) is 8.97. The quantitative estimate of drug-likeness (QED) is 0.754. The summed E-state index contributed by atoms with van der Waals surface area (Å²) in [5, 5.41) is 9.47. The van der Waals surface area contributed by atoms with Gasteiger partial charge in [0.2, 0.25) is 0 Å². The molecular formula is C9H15NO2S. The van der Waals surface area contributed by atoms with Crippen molar-refractivity contribution in [2.75, 3.05) is 0 Å². The number of hydrogen-bond acceptors (Lipinski definition) is 4. The van der Waals surface area contributed by atoms with E-state index in [9.17, 15) is 5.11 Å². The van der Waals surface area contributed by atoms with E-state index >= 15 is 0 Å². The van der Waals surface area contributed by atoms with Crippen LogP contribution in [0.25, 0.3) is 0 Å². The van der Waals surface area contributed by atoms with Crippen molar-refractivity contribution in [2.45, 2.75) is 39.6 Å².